The van der Waals surface area contributed by atoms with E-state index in [9.17, 15) is 19.7 Å². The highest BCUT2D eigenvalue weighted by molar-refractivity contribution is 7.53. The summed E-state index contributed by atoms with van der Waals surface area (Å²) >= 11 is 0. The maximum absolute atomic E-state index is 12.8. The first-order valence-corrected chi connectivity index (χ1v) is 10.8. The van der Waals surface area contributed by atoms with Crippen LogP contribution in [0.4, 0.5) is 0 Å². The van der Waals surface area contributed by atoms with Crippen molar-refractivity contribution < 1.29 is 24.2 Å². The van der Waals surface area contributed by atoms with Crippen molar-refractivity contribution in [1.82, 2.24) is 4.90 Å². The molecule has 0 amide bonds. The van der Waals surface area contributed by atoms with Crippen molar-refractivity contribution >= 4 is 7.60 Å². The SMILES string of the molecule is CCOP(=O)(O)C(CN1CCc2ccccc2C1)[C@H](O)c1ccccc1O. The Labute approximate surface area is 159 Å². The molecule has 0 saturated heterocycles. The smallest absolute Gasteiger partial charge is 0.335 e. The fraction of sp³-hybridized carbons (Fsp3) is 0.400. The molecular formula is C20H26NO5P. The van der Waals surface area contributed by atoms with Crippen molar-refractivity contribution in [1.29, 1.82) is 0 Å². The van der Waals surface area contributed by atoms with Gasteiger partial charge in [0, 0.05) is 25.2 Å². The molecule has 2 aromatic rings. The van der Waals surface area contributed by atoms with E-state index in [4.69, 9.17) is 4.52 Å². The first-order chi connectivity index (χ1) is 12.9. The highest BCUT2D eigenvalue weighted by Gasteiger charge is 2.41. The predicted octanol–water partition coefficient (Wildman–Crippen LogP) is 3.07. The summed E-state index contributed by atoms with van der Waals surface area (Å²) in [5, 5.41) is 20.9. The first-order valence-electron chi connectivity index (χ1n) is 9.14. The molecule has 1 heterocycles. The van der Waals surface area contributed by atoms with Crippen molar-refractivity contribution in [3.8, 4) is 5.75 Å². The van der Waals surface area contributed by atoms with Crippen molar-refractivity contribution in [3.63, 3.8) is 0 Å². The molecule has 7 heteroatoms. The Morgan fingerprint density at radius 1 is 1.15 bits per heavy atom. The summed E-state index contributed by atoms with van der Waals surface area (Å²) in [4.78, 5) is 12.5. The molecule has 6 nitrogen and oxygen atoms in total. The number of aliphatic hydroxyl groups is 1. The van der Waals surface area contributed by atoms with Crippen molar-refractivity contribution in [2.75, 3.05) is 19.7 Å². The number of aliphatic hydroxyl groups excluding tert-OH is 1. The lowest BCUT2D eigenvalue weighted by molar-refractivity contribution is 0.120. The van der Waals surface area contributed by atoms with Gasteiger partial charge in [-0.3, -0.25) is 9.46 Å². The number of rotatable bonds is 7. The molecule has 0 aromatic heterocycles. The van der Waals surface area contributed by atoms with Gasteiger partial charge in [-0.2, -0.15) is 0 Å². The van der Waals surface area contributed by atoms with Crippen LogP contribution in [-0.2, 0) is 22.1 Å². The number of para-hydroxylation sites is 1. The van der Waals surface area contributed by atoms with Crippen LogP contribution in [0.25, 0.3) is 0 Å². The van der Waals surface area contributed by atoms with E-state index in [0.29, 0.717) is 6.54 Å². The van der Waals surface area contributed by atoms with E-state index in [1.165, 1.54) is 17.2 Å². The van der Waals surface area contributed by atoms with Gasteiger partial charge >= 0.3 is 7.60 Å². The van der Waals surface area contributed by atoms with Crippen LogP contribution in [0.5, 0.6) is 5.75 Å². The summed E-state index contributed by atoms with van der Waals surface area (Å²) in [6.45, 7) is 3.28. The average molecular weight is 391 g/mol. The molecule has 0 bridgehead atoms. The average Bonchev–Trinajstić information content (AvgIpc) is 2.65. The first kappa shape index (κ1) is 20.1. The Morgan fingerprint density at radius 3 is 2.52 bits per heavy atom. The number of fused-ring (bicyclic) bond motifs is 1. The van der Waals surface area contributed by atoms with Gasteiger partial charge in [-0.15, -0.1) is 0 Å². The monoisotopic (exact) mass is 391 g/mol. The standard InChI is InChI=1S/C20H26NO5P/c1-2-26-27(24,25)19(20(23)17-9-5-6-10-18(17)22)14-21-12-11-15-7-3-4-8-16(15)13-21/h3-10,19-20,22-23H,2,11-14H2,1H3,(H,24,25)/t19?,20-/m1/s1. The minimum atomic E-state index is -4.10. The third-order valence-corrected chi connectivity index (χ3v) is 6.92. The van der Waals surface area contributed by atoms with Gasteiger partial charge in [0.1, 0.15) is 11.4 Å². The van der Waals surface area contributed by atoms with Crippen LogP contribution >= 0.6 is 7.60 Å². The van der Waals surface area contributed by atoms with E-state index >= 15 is 0 Å². The molecule has 146 valence electrons. The minimum absolute atomic E-state index is 0.0700. The Morgan fingerprint density at radius 2 is 1.81 bits per heavy atom. The van der Waals surface area contributed by atoms with Crippen LogP contribution in [-0.4, -0.2) is 45.4 Å². The molecule has 2 aromatic carbocycles. The van der Waals surface area contributed by atoms with Gasteiger partial charge in [0.15, 0.2) is 0 Å². The van der Waals surface area contributed by atoms with Gasteiger partial charge in [0.2, 0.25) is 0 Å². The molecule has 1 aliphatic rings. The second-order valence-corrected chi connectivity index (χ2v) is 8.86. The van der Waals surface area contributed by atoms with Gasteiger partial charge in [0.05, 0.1) is 12.7 Å². The molecule has 0 fully saturated rings. The van der Waals surface area contributed by atoms with Crippen LogP contribution < -0.4 is 0 Å². The van der Waals surface area contributed by atoms with Gasteiger partial charge in [-0.1, -0.05) is 42.5 Å². The number of phenolic OH excluding ortho intramolecular Hbond substituents is 1. The molecule has 3 N–H and O–H groups in total. The number of nitrogens with zero attached hydrogens (tertiary/aromatic N) is 1. The summed E-state index contributed by atoms with van der Waals surface area (Å²) < 4.78 is 18.0. The van der Waals surface area contributed by atoms with E-state index in [2.05, 4.69) is 17.0 Å². The summed E-state index contributed by atoms with van der Waals surface area (Å²) in [5.41, 5.74) is 1.64. The maximum Gasteiger partial charge on any atom is 0.335 e. The number of hydrogen-bond acceptors (Lipinski definition) is 5. The molecule has 0 aliphatic carbocycles. The summed E-state index contributed by atoms with van der Waals surface area (Å²) in [6.07, 6.45) is -0.467. The molecule has 1 aliphatic heterocycles. The number of hydrogen-bond donors (Lipinski definition) is 3. The largest absolute Gasteiger partial charge is 0.508 e. The Bertz CT molecular complexity index is 828. The molecule has 0 radical (unpaired) electrons. The zero-order valence-corrected chi connectivity index (χ0v) is 16.3. The molecule has 2 unspecified atom stereocenters. The van der Waals surface area contributed by atoms with Gasteiger partial charge < -0.3 is 19.6 Å². The van der Waals surface area contributed by atoms with E-state index in [1.54, 1.807) is 25.1 Å². The van der Waals surface area contributed by atoms with Gasteiger partial charge in [-0.05, 0) is 30.5 Å². The maximum atomic E-state index is 12.8. The number of phenols is 1. The van der Waals surface area contributed by atoms with Gasteiger partial charge in [-0.25, -0.2) is 0 Å². The highest BCUT2D eigenvalue weighted by Crippen LogP contribution is 2.53. The third kappa shape index (κ3) is 4.60. The van der Waals surface area contributed by atoms with Crippen molar-refractivity contribution in [2.45, 2.75) is 31.7 Å². The lowest BCUT2D eigenvalue weighted by Gasteiger charge is -2.35. The summed E-state index contributed by atoms with van der Waals surface area (Å²) in [6, 6.07) is 14.5. The molecule has 0 spiro atoms. The number of benzene rings is 2. The summed E-state index contributed by atoms with van der Waals surface area (Å²) in [7, 11) is -4.10. The zero-order chi connectivity index (χ0) is 19.4. The fourth-order valence-corrected chi connectivity index (χ4v) is 5.10. The van der Waals surface area contributed by atoms with Crippen molar-refractivity contribution in [2.24, 2.45) is 0 Å². The van der Waals surface area contributed by atoms with E-state index in [0.717, 1.165) is 13.0 Å². The van der Waals surface area contributed by atoms with Crippen LogP contribution in [0.1, 0.15) is 29.7 Å². The molecule has 0 saturated carbocycles. The molecule has 3 rings (SSSR count). The Hall–Kier alpha value is -1.69. The second-order valence-electron chi connectivity index (χ2n) is 6.81. The van der Waals surface area contributed by atoms with Crippen molar-refractivity contribution in [3.05, 3.63) is 65.2 Å². The van der Waals surface area contributed by atoms with Gasteiger partial charge in [0.25, 0.3) is 0 Å². The van der Waals surface area contributed by atoms with Crippen LogP contribution in [0.15, 0.2) is 48.5 Å². The number of aromatic hydroxyl groups is 1. The minimum Gasteiger partial charge on any atom is -0.508 e. The van der Waals surface area contributed by atoms with Crippen LogP contribution in [0.3, 0.4) is 0 Å². The predicted molar refractivity (Wildman–Crippen MR) is 104 cm³/mol. The highest BCUT2D eigenvalue weighted by atomic mass is 31.2. The van der Waals surface area contributed by atoms with Crippen LogP contribution in [0, 0.1) is 0 Å². The van der Waals surface area contributed by atoms with E-state index in [-0.39, 0.29) is 24.5 Å². The second kappa shape index (κ2) is 8.55. The molecular weight excluding hydrogens is 365 g/mol. The topological polar surface area (TPSA) is 90.2 Å². The quantitative estimate of drug-likeness (QED) is 0.629. The lowest BCUT2D eigenvalue weighted by atomic mass is 9.99. The normalized spacial score (nSPS) is 19.1. The van der Waals surface area contributed by atoms with E-state index < -0.39 is 19.4 Å². The third-order valence-electron chi connectivity index (χ3n) is 5.01. The Balaban J connectivity index is 1.85. The zero-order valence-electron chi connectivity index (χ0n) is 15.4. The fourth-order valence-electron chi connectivity index (χ4n) is 3.58. The molecule has 27 heavy (non-hydrogen) atoms. The lowest BCUT2D eigenvalue weighted by Crippen LogP contribution is -2.39. The summed E-state index contributed by atoms with van der Waals surface area (Å²) in [5.74, 6) is -0.101. The molecule has 3 atom stereocenters. The Kier molecular flexibility index (Phi) is 6.35. The van der Waals surface area contributed by atoms with E-state index in [1.807, 2.05) is 12.1 Å². The van der Waals surface area contributed by atoms with Crippen LogP contribution in [0.2, 0.25) is 0 Å².